The molecule has 41 heavy (non-hydrogen) atoms. The number of carbonyl (C=O) groups is 2. The van der Waals surface area contributed by atoms with Gasteiger partial charge in [-0.15, -0.1) is 0 Å². The number of hydrogen-bond donors (Lipinski definition) is 3. The minimum atomic E-state index is -5.08. The van der Waals surface area contributed by atoms with Crippen molar-refractivity contribution in [1.82, 2.24) is 15.2 Å². The maximum absolute atomic E-state index is 12.8. The summed E-state index contributed by atoms with van der Waals surface area (Å²) in [6.45, 7) is 0.973. The number of nitrogens with one attached hydrogen (secondary N) is 2. The van der Waals surface area contributed by atoms with Gasteiger partial charge in [-0.25, -0.2) is 18.2 Å². The van der Waals surface area contributed by atoms with Gasteiger partial charge in [-0.3, -0.25) is 9.52 Å². The molecule has 0 aliphatic rings. The monoisotopic (exact) mass is 608 g/mol. The minimum absolute atomic E-state index is 0.111. The first-order chi connectivity index (χ1) is 18.9. The maximum atomic E-state index is 12.8. The van der Waals surface area contributed by atoms with E-state index >= 15 is 0 Å². The van der Waals surface area contributed by atoms with E-state index in [0.717, 1.165) is 37.2 Å². The SMILES string of the molecule is CN(C)CCCC(=O)NCc1ccc2cccc(NS(=O)(=O)c3ccc(C(F)(F)F)cc3)c2n1.O=C(O)C(F)(F)F. The largest absolute Gasteiger partial charge is 0.490 e. The highest BCUT2D eigenvalue weighted by molar-refractivity contribution is 7.92. The van der Waals surface area contributed by atoms with E-state index in [4.69, 9.17) is 9.90 Å². The zero-order valence-electron chi connectivity index (χ0n) is 21.7. The predicted molar refractivity (Wildman–Crippen MR) is 137 cm³/mol. The molecule has 0 bridgehead atoms. The number of carbonyl (C=O) groups excluding carboxylic acids is 1. The molecule has 0 saturated heterocycles. The Labute approximate surface area is 231 Å². The Morgan fingerprint density at radius 3 is 2.10 bits per heavy atom. The molecular formula is C25H26F6N4O5S. The molecule has 0 aliphatic heterocycles. The van der Waals surface area contributed by atoms with Gasteiger partial charge >= 0.3 is 18.3 Å². The van der Waals surface area contributed by atoms with Crippen LogP contribution in [-0.4, -0.2) is 62.1 Å². The van der Waals surface area contributed by atoms with Crippen LogP contribution < -0.4 is 10.0 Å². The molecule has 1 aromatic heterocycles. The zero-order chi connectivity index (χ0) is 31.0. The van der Waals surface area contributed by atoms with Crippen molar-refractivity contribution < 1.29 is 49.5 Å². The van der Waals surface area contributed by atoms with Gasteiger partial charge in [0.1, 0.15) is 0 Å². The number of carboxylic acids is 1. The van der Waals surface area contributed by atoms with E-state index in [-0.39, 0.29) is 23.0 Å². The van der Waals surface area contributed by atoms with Crippen molar-refractivity contribution in [3.8, 4) is 0 Å². The summed E-state index contributed by atoms with van der Waals surface area (Å²) in [6, 6.07) is 11.6. The van der Waals surface area contributed by atoms with Gasteiger partial charge in [-0.1, -0.05) is 18.2 Å². The molecule has 16 heteroatoms. The van der Waals surface area contributed by atoms with Crippen LogP contribution in [0.4, 0.5) is 32.0 Å². The summed E-state index contributed by atoms with van der Waals surface area (Å²) in [5.41, 5.74) is 0.134. The van der Waals surface area contributed by atoms with E-state index in [2.05, 4.69) is 15.0 Å². The number of anilines is 1. The van der Waals surface area contributed by atoms with Crippen LogP contribution in [0.5, 0.6) is 0 Å². The number of rotatable bonds is 9. The van der Waals surface area contributed by atoms with Crippen LogP contribution in [0.3, 0.4) is 0 Å². The summed E-state index contributed by atoms with van der Waals surface area (Å²) in [7, 11) is -0.292. The number of hydrogen-bond acceptors (Lipinski definition) is 6. The number of aromatic nitrogens is 1. The van der Waals surface area contributed by atoms with Crippen molar-refractivity contribution in [3.05, 3.63) is 65.9 Å². The smallest absolute Gasteiger partial charge is 0.475 e. The molecule has 9 nitrogen and oxygen atoms in total. The van der Waals surface area contributed by atoms with E-state index in [0.29, 0.717) is 23.0 Å². The third-order valence-electron chi connectivity index (χ3n) is 5.23. The number of fused-ring (bicyclic) bond motifs is 1. The fourth-order valence-electron chi connectivity index (χ4n) is 3.23. The van der Waals surface area contributed by atoms with Crippen molar-refractivity contribution in [3.63, 3.8) is 0 Å². The quantitative estimate of drug-likeness (QED) is 0.302. The van der Waals surface area contributed by atoms with Gasteiger partial charge in [0.05, 0.1) is 33.9 Å². The lowest BCUT2D eigenvalue weighted by molar-refractivity contribution is -0.192. The van der Waals surface area contributed by atoms with Crippen molar-refractivity contribution in [2.75, 3.05) is 25.4 Å². The summed E-state index contributed by atoms with van der Waals surface area (Å²) in [5, 5.41) is 10.6. The Morgan fingerprint density at radius 1 is 0.951 bits per heavy atom. The van der Waals surface area contributed by atoms with E-state index in [1.54, 1.807) is 24.3 Å². The first kappa shape index (κ1) is 33.3. The Kier molecular flexibility index (Phi) is 11.1. The van der Waals surface area contributed by atoms with Gasteiger partial charge in [0, 0.05) is 11.8 Å². The lowest BCUT2D eigenvalue weighted by atomic mass is 10.1. The molecule has 1 amide bonds. The third-order valence-corrected chi connectivity index (χ3v) is 6.61. The fraction of sp³-hybridized carbons (Fsp3) is 0.320. The summed E-state index contributed by atoms with van der Waals surface area (Å²) in [4.78, 5) is 27.1. The number of benzene rings is 2. The molecule has 0 atom stereocenters. The molecule has 224 valence electrons. The number of carboxylic acid groups (broad SMARTS) is 1. The number of alkyl halides is 6. The summed E-state index contributed by atoms with van der Waals surface area (Å²) in [6.07, 6.45) is -8.54. The Balaban J connectivity index is 0.000000745. The van der Waals surface area contributed by atoms with Gasteiger partial charge in [0.25, 0.3) is 10.0 Å². The van der Waals surface area contributed by atoms with Gasteiger partial charge in [0.2, 0.25) is 5.91 Å². The number of amides is 1. The lowest BCUT2D eigenvalue weighted by Crippen LogP contribution is -2.24. The topological polar surface area (TPSA) is 129 Å². The average Bonchev–Trinajstić information content (AvgIpc) is 2.86. The van der Waals surface area contributed by atoms with Crippen molar-refractivity contribution >= 4 is 38.5 Å². The van der Waals surface area contributed by atoms with Crippen LogP contribution in [0.15, 0.2) is 59.5 Å². The zero-order valence-corrected chi connectivity index (χ0v) is 22.5. The lowest BCUT2D eigenvalue weighted by Gasteiger charge is -2.13. The van der Waals surface area contributed by atoms with Crippen LogP contribution >= 0.6 is 0 Å². The van der Waals surface area contributed by atoms with Crippen LogP contribution in [0.1, 0.15) is 24.1 Å². The third kappa shape index (κ3) is 10.5. The highest BCUT2D eigenvalue weighted by Gasteiger charge is 2.38. The number of nitrogens with zero attached hydrogens (tertiary/aromatic N) is 2. The normalized spacial score (nSPS) is 12.0. The van der Waals surface area contributed by atoms with Crippen molar-refractivity contribution in [2.24, 2.45) is 0 Å². The number of sulfonamides is 1. The fourth-order valence-corrected chi connectivity index (χ4v) is 4.29. The van der Waals surface area contributed by atoms with Crippen molar-refractivity contribution in [1.29, 1.82) is 0 Å². The molecule has 0 saturated carbocycles. The van der Waals surface area contributed by atoms with E-state index in [9.17, 15) is 39.6 Å². The molecule has 3 rings (SSSR count). The van der Waals surface area contributed by atoms with Crippen LogP contribution in [0, 0.1) is 0 Å². The van der Waals surface area contributed by atoms with Gasteiger partial charge < -0.3 is 15.3 Å². The molecule has 0 fully saturated rings. The number of para-hydroxylation sites is 1. The highest BCUT2D eigenvalue weighted by Crippen LogP contribution is 2.30. The number of pyridine rings is 1. The summed E-state index contributed by atoms with van der Waals surface area (Å²) in [5.74, 6) is -2.87. The molecule has 0 unspecified atom stereocenters. The van der Waals surface area contributed by atoms with Gasteiger partial charge in [0.15, 0.2) is 0 Å². The molecule has 2 aromatic carbocycles. The van der Waals surface area contributed by atoms with Crippen LogP contribution in [-0.2, 0) is 32.3 Å². The second-order valence-electron chi connectivity index (χ2n) is 8.79. The molecule has 3 aromatic rings. The molecule has 0 radical (unpaired) electrons. The molecule has 1 heterocycles. The van der Waals surface area contributed by atoms with Gasteiger partial charge in [-0.2, -0.15) is 26.3 Å². The average molecular weight is 609 g/mol. The molecule has 0 aliphatic carbocycles. The molecule has 3 N–H and O–H groups in total. The Hall–Kier alpha value is -3.92. The Morgan fingerprint density at radius 2 is 1.56 bits per heavy atom. The first-order valence-corrected chi connectivity index (χ1v) is 13.2. The number of halogens is 6. The van der Waals surface area contributed by atoms with Gasteiger partial charge in [-0.05, 0) is 63.5 Å². The maximum Gasteiger partial charge on any atom is 0.490 e. The van der Waals surface area contributed by atoms with Crippen LogP contribution in [0.25, 0.3) is 10.9 Å². The van der Waals surface area contributed by atoms with E-state index in [1.807, 2.05) is 19.0 Å². The second kappa shape index (κ2) is 13.6. The first-order valence-electron chi connectivity index (χ1n) is 11.7. The molecule has 0 spiro atoms. The van der Waals surface area contributed by atoms with E-state index in [1.165, 1.54) is 6.07 Å². The highest BCUT2D eigenvalue weighted by atomic mass is 32.2. The standard InChI is InChI=1S/C23H25F3N4O3S.C2HF3O2/c1-30(2)14-4-7-21(31)27-15-18-11-8-16-5-3-6-20(22(16)28-18)29-34(32,33)19-12-9-17(10-13-19)23(24,25)26;3-2(4,5)1(6)7/h3,5-6,8-13,29H,4,7,14-15H2,1-2H3,(H,27,31);(H,6,7). The molecular weight excluding hydrogens is 582 g/mol. The minimum Gasteiger partial charge on any atom is -0.475 e. The Bertz CT molecular complexity index is 1460. The summed E-state index contributed by atoms with van der Waals surface area (Å²) >= 11 is 0. The van der Waals surface area contributed by atoms with Crippen LogP contribution in [0.2, 0.25) is 0 Å². The van der Waals surface area contributed by atoms with E-state index < -0.39 is 33.9 Å². The van der Waals surface area contributed by atoms with Crippen molar-refractivity contribution in [2.45, 2.75) is 36.6 Å². The number of aliphatic carboxylic acids is 1. The summed E-state index contributed by atoms with van der Waals surface area (Å²) < 4.78 is 98.0. The predicted octanol–water partition coefficient (Wildman–Crippen LogP) is 4.65. The second-order valence-corrected chi connectivity index (χ2v) is 10.5.